The second-order valence-corrected chi connectivity index (χ2v) is 8.12. The van der Waals surface area contributed by atoms with E-state index in [-0.39, 0.29) is 45.6 Å². The van der Waals surface area contributed by atoms with Crippen LogP contribution in [0.4, 0.5) is 17.6 Å². The van der Waals surface area contributed by atoms with Crippen LogP contribution in [0, 0.1) is 5.82 Å². The van der Waals surface area contributed by atoms with Crippen LogP contribution in [0.3, 0.4) is 0 Å². The van der Waals surface area contributed by atoms with Gasteiger partial charge in [-0.15, -0.1) is 11.3 Å². The van der Waals surface area contributed by atoms with Gasteiger partial charge in [-0.1, -0.05) is 29.7 Å². The molecule has 0 spiro atoms. The Labute approximate surface area is 188 Å². The van der Waals surface area contributed by atoms with E-state index in [0.29, 0.717) is 4.68 Å². The van der Waals surface area contributed by atoms with Gasteiger partial charge in [0.05, 0.1) is 40.6 Å². The van der Waals surface area contributed by atoms with Crippen LogP contribution in [0.15, 0.2) is 40.5 Å². The molecule has 0 saturated carbocycles. The number of aliphatic hydroxyl groups is 1. The van der Waals surface area contributed by atoms with E-state index in [1.807, 2.05) is 0 Å². The van der Waals surface area contributed by atoms with Crippen LogP contribution in [0.5, 0.6) is 0 Å². The van der Waals surface area contributed by atoms with Gasteiger partial charge in [-0.3, -0.25) is 4.68 Å². The fourth-order valence-corrected chi connectivity index (χ4v) is 4.16. The quantitative estimate of drug-likeness (QED) is 0.343. The number of halogens is 5. The van der Waals surface area contributed by atoms with Crippen LogP contribution in [-0.2, 0) is 12.7 Å². The zero-order chi connectivity index (χ0) is 23.0. The summed E-state index contributed by atoms with van der Waals surface area (Å²) in [6, 6.07) is 3.99. The van der Waals surface area contributed by atoms with Crippen molar-refractivity contribution < 1.29 is 27.2 Å². The first kappa shape index (κ1) is 22.4. The molecular weight excluding hydrogens is 472 g/mol. The average molecular weight is 487 g/mol. The smallest absolute Gasteiger partial charge is 0.391 e. The number of benzene rings is 1. The standard InChI is InChI=1S/C20H15ClF4N4O2S/c1-2-10(30)9-29-18(20(23,24)25)11(8-27-29)17-15(19-26-6-7-32-19)16(28-31-17)14-12(21)4-3-5-13(14)22/h3-8,10,30H,2,9H2,1H3/t10-/m0/s1. The minimum absolute atomic E-state index is 0.0143. The van der Waals surface area contributed by atoms with Crippen molar-refractivity contribution in [2.75, 3.05) is 0 Å². The van der Waals surface area contributed by atoms with E-state index in [1.165, 1.54) is 18.3 Å². The summed E-state index contributed by atoms with van der Waals surface area (Å²) in [7, 11) is 0. The van der Waals surface area contributed by atoms with Crippen molar-refractivity contribution in [2.24, 2.45) is 0 Å². The van der Waals surface area contributed by atoms with Crippen molar-refractivity contribution in [3.8, 4) is 33.2 Å². The largest absolute Gasteiger partial charge is 0.433 e. The normalized spacial score (nSPS) is 13.0. The number of aromatic nitrogens is 4. The summed E-state index contributed by atoms with van der Waals surface area (Å²) >= 11 is 7.29. The maximum absolute atomic E-state index is 14.6. The van der Waals surface area contributed by atoms with Crippen LogP contribution in [-0.4, -0.2) is 31.1 Å². The van der Waals surface area contributed by atoms with Gasteiger partial charge in [0.1, 0.15) is 16.5 Å². The molecule has 0 unspecified atom stereocenters. The highest BCUT2D eigenvalue weighted by molar-refractivity contribution is 7.13. The monoisotopic (exact) mass is 486 g/mol. The summed E-state index contributed by atoms with van der Waals surface area (Å²) in [6.07, 6.45) is -3.16. The lowest BCUT2D eigenvalue weighted by atomic mass is 10.0. The lowest BCUT2D eigenvalue weighted by molar-refractivity contribution is -0.144. The number of hydrogen-bond acceptors (Lipinski definition) is 6. The highest BCUT2D eigenvalue weighted by Crippen LogP contribution is 2.46. The molecule has 0 aliphatic carbocycles. The number of thiazole rings is 1. The Balaban J connectivity index is 1.98. The maximum Gasteiger partial charge on any atom is 0.433 e. The molecule has 0 aliphatic rings. The van der Waals surface area contributed by atoms with Crippen molar-refractivity contribution in [1.29, 1.82) is 0 Å². The Kier molecular flexibility index (Phi) is 6.06. The van der Waals surface area contributed by atoms with Gasteiger partial charge < -0.3 is 9.63 Å². The van der Waals surface area contributed by atoms with E-state index in [1.54, 1.807) is 12.3 Å². The molecule has 6 nitrogen and oxygen atoms in total. The summed E-state index contributed by atoms with van der Waals surface area (Å²) in [5, 5.41) is 19.5. The van der Waals surface area contributed by atoms with Gasteiger partial charge in [0.15, 0.2) is 11.5 Å². The summed E-state index contributed by atoms with van der Waals surface area (Å²) in [5.74, 6) is -0.994. The zero-order valence-corrected chi connectivity index (χ0v) is 18.0. The molecule has 0 saturated heterocycles. The predicted molar refractivity (Wildman–Crippen MR) is 111 cm³/mol. The number of aliphatic hydroxyl groups excluding tert-OH is 1. The Bertz CT molecular complexity index is 1220. The molecule has 4 aromatic rings. The van der Waals surface area contributed by atoms with E-state index in [9.17, 15) is 22.7 Å². The van der Waals surface area contributed by atoms with Crippen molar-refractivity contribution in [2.45, 2.75) is 32.2 Å². The fraction of sp³-hybridized carbons (Fsp3) is 0.250. The zero-order valence-electron chi connectivity index (χ0n) is 16.4. The molecule has 3 heterocycles. The molecule has 168 valence electrons. The Morgan fingerprint density at radius 2 is 2.06 bits per heavy atom. The first-order valence-electron chi connectivity index (χ1n) is 9.37. The van der Waals surface area contributed by atoms with Crippen LogP contribution in [0.25, 0.3) is 33.2 Å². The molecule has 1 aromatic carbocycles. The molecule has 12 heteroatoms. The average Bonchev–Trinajstić information content (AvgIpc) is 3.46. The van der Waals surface area contributed by atoms with Crippen molar-refractivity contribution in [3.05, 3.63) is 52.5 Å². The summed E-state index contributed by atoms with van der Waals surface area (Å²) < 4.78 is 62.7. The Morgan fingerprint density at radius 1 is 1.28 bits per heavy atom. The fourth-order valence-electron chi connectivity index (χ4n) is 3.23. The van der Waals surface area contributed by atoms with Gasteiger partial charge >= 0.3 is 6.18 Å². The molecule has 3 aromatic heterocycles. The number of rotatable bonds is 6. The van der Waals surface area contributed by atoms with E-state index < -0.39 is 29.4 Å². The number of alkyl halides is 3. The molecular formula is C20H15ClF4N4O2S. The Hall–Kier alpha value is -2.76. The molecule has 0 fully saturated rings. The van der Waals surface area contributed by atoms with Crippen LogP contribution >= 0.6 is 22.9 Å². The first-order valence-corrected chi connectivity index (χ1v) is 10.6. The first-order chi connectivity index (χ1) is 15.2. The molecule has 0 bridgehead atoms. The van der Waals surface area contributed by atoms with Gasteiger partial charge in [-0.05, 0) is 18.6 Å². The summed E-state index contributed by atoms with van der Waals surface area (Å²) in [6.45, 7) is 1.28. The SMILES string of the molecule is CC[C@H](O)Cn1ncc(-c2onc(-c3c(F)cccc3Cl)c2-c2nccs2)c1C(F)(F)F. The number of nitrogens with zero attached hydrogens (tertiary/aromatic N) is 4. The lowest BCUT2D eigenvalue weighted by Gasteiger charge is -2.14. The Morgan fingerprint density at radius 3 is 2.69 bits per heavy atom. The van der Waals surface area contributed by atoms with Gasteiger partial charge in [0.25, 0.3) is 0 Å². The highest BCUT2D eigenvalue weighted by Gasteiger charge is 2.41. The van der Waals surface area contributed by atoms with Crippen LogP contribution < -0.4 is 0 Å². The van der Waals surface area contributed by atoms with Gasteiger partial charge in [-0.2, -0.15) is 18.3 Å². The second-order valence-electron chi connectivity index (χ2n) is 6.82. The maximum atomic E-state index is 14.6. The molecule has 1 atom stereocenters. The molecule has 0 aliphatic heterocycles. The van der Waals surface area contributed by atoms with Crippen LogP contribution in [0.2, 0.25) is 5.02 Å². The molecule has 1 N–H and O–H groups in total. The van der Waals surface area contributed by atoms with Gasteiger partial charge in [0.2, 0.25) is 0 Å². The van der Waals surface area contributed by atoms with E-state index >= 15 is 0 Å². The van der Waals surface area contributed by atoms with Crippen molar-refractivity contribution in [3.63, 3.8) is 0 Å². The van der Waals surface area contributed by atoms with E-state index in [4.69, 9.17) is 16.1 Å². The molecule has 0 amide bonds. The van der Waals surface area contributed by atoms with Gasteiger partial charge in [-0.25, -0.2) is 9.37 Å². The van der Waals surface area contributed by atoms with E-state index in [2.05, 4.69) is 15.2 Å². The third kappa shape index (κ3) is 4.03. The molecule has 4 rings (SSSR count). The van der Waals surface area contributed by atoms with Crippen molar-refractivity contribution >= 4 is 22.9 Å². The molecule has 32 heavy (non-hydrogen) atoms. The van der Waals surface area contributed by atoms with E-state index in [0.717, 1.165) is 23.6 Å². The lowest BCUT2D eigenvalue weighted by Crippen LogP contribution is -2.22. The summed E-state index contributed by atoms with van der Waals surface area (Å²) in [4.78, 5) is 4.16. The third-order valence-corrected chi connectivity index (χ3v) is 5.85. The topological polar surface area (TPSA) is 77.0 Å². The third-order valence-electron chi connectivity index (χ3n) is 4.75. The molecule has 0 radical (unpaired) electrons. The second kappa shape index (κ2) is 8.64. The van der Waals surface area contributed by atoms with Gasteiger partial charge in [0, 0.05) is 11.6 Å². The minimum atomic E-state index is -4.82. The highest BCUT2D eigenvalue weighted by atomic mass is 35.5. The number of hydrogen-bond donors (Lipinski definition) is 1. The summed E-state index contributed by atoms with van der Waals surface area (Å²) in [5.41, 5.74) is -1.65. The van der Waals surface area contributed by atoms with Crippen molar-refractivity contribution in [1.82, 2.24) is 19.9 Å². The van der Waals surface area contributed by atoms with Crippen LogP contribution in [0.1, 0.15) is 19.0 Å². The minimum Gasteiger partial charge on any atom is -0.391 e. The predicted octanol–water partition coefficient (Wildman–Crippen LogP) is 5.91.